The van der Waals surface area contributed by atoms with Crippen molar-refractivity contribution < 1.29 is 24.4 Å². The molecule has 0 aromatic carbocycles. The second-order valence-electron chi connectivity index (χ2n) is 14.7. The highest BCUT2D eigenvalue weighted by atomic mass is 79.9. The van der Waals surface area contributed by atoms with Crippen LogP contribution in [0.15, 0.2) is 78.2 Å². The minimum Gasteiger partial charge on any atom is -0.491 e. The molecule has 0 saturated carbocycles. The van der Waals surface area contributed by atoms with Gasteiger partial charge in [0.25, 0.3) is 0 Å². The molecule has 8 rings (SSSR count). The summed E-state index contributed by atoms with van der Waals surface area (Å²) in [6.07, 6.45) is 16.7. The standard InChI is InChI=1S/C18H26N6O2.C13H19BrN2O2.C5H8N4.C4H2Cl2N2.C4H4ClN3.CH5N.H3N.H2O/c1-19-17-10-14(12-21-23-17)22-18-11-15(16(25-2)13-20-18)26-9-5-8-24-6-3-4-7-24;1-17-12-10-15-13(14)9-11(12)18-8-4-7-16-5-2-3-6-16;1-7-5-2-4(6)3-8-9-5;5-3-1-4(6)8-7-2-3;5-4-1-3(6)2-7-8-4;1-2;;/h10-13H,3-9H2,1-2H3,(H2,19,20,22,23);9-10H,2-8H2,1H3;2-3H,1H3,(H3,6,7,9);1-2H;1-2H,(H2,6,8);2H2,1H3;1H3;1H2. The molecule has 24 nitrogen and oxygen atoms in total. The molecule has 8 heterocycles. The number of hydrogen-bond donors (Lipinski definition) is 7. The molecule has 2 aliphatic rings. The molecular weight excluding hydrogens is 1070 g/mol. The van der Waals surface area contributed by atoms with E-state index >= 15 is 0 Å². The first-order valence-electron chi connectivity index (χ1n) is 22.4. The summed E-state index contributed by atoms with van der Waals surface area (Å²) in [6.45, 7) is 8.46. The van der Waals surface area contributed by atoms with Crippen LogP contribution in [0.25, 0.3) is 0 Å². The van der Waals surface area contributed by atoms with Crippen LogP contribution in [0.3, 0.4) is 0 Å². The molecule has 0 atom stereocenters. The zero-order valence-corrected chi connectivity index (χ0v) is 45.6. The van der Waals surface area contributed by atoms with Crippen molar-refractivity contribution in [1.82, 2.24) is 66.7 Å². The van der Waals surface area contributed by atoms with E-state index in [-0.39, 0.29) is 11.6 Å². The molecule has 0 bridgehead atoms. The van der Waals surface area contributed by atoms with Gasteiger partial charge < -0.3 is 73.5 Å². The molecule has 73 heavy (non-hydrogen) atoms. The van der Waals surface area contributed by atoms with Crippen LogP contribution in [0.4, 0.5) is 34.5 Å². The lowest BCUT2D eigenvalue weighted by molar-refractivity contribution is 0.253. The molecule has 0 amide bonds. The molecule has 2 aliphatic heterocycles. The highest BCUT2D eigenvalue weighted by Crippen LogP contribution is 2.30. The lowest BCUT2D eigenvalue weighted by Gasteiger charge is -2.16. The van der Waals surface area contributed by atoms with Gasteiger partial charge in [0.1, 0.15) is 22.1 Å². The Morgan fingerprint density at radius 3 is 1.48 bits per heavy atom. The van der Waals surface area contributed by atoms with Crippen molar-refractivity contribution in [3.8, 4) is 23.0 Å². The Balaban J connectivity index is 0.000000490. The number of nitrogens with zero attached hydrogens (tertiary/aromatic N) is 12. The number of rotatable bonds is 16. The molecule has 0 radical (unpaired) electrons. The molecule has 0 spiro atoms. The van der Waals surface area contributed by atoms with Crippen LogP contribution in [-0.4, -0.2) is 154 Å². The van der Waals surface area contributed by atoms with Crippen LogP contribution in [0.2, 0.25) is 15.3 Å². The van der Waals surface area contributed by atoms with Crippen LogP contribution >= 0.6 is 50.7 Å². The Hall–Kier alpha value is -6.03. The van der Waals surface area contributed by atoms with Gasteiger partial charge >= 0.3 is 0 Å². The molecule has 0 aliphatic carbocycles. The fourth-order valence-corrected chi connectivity index (χ4v) is 7.10. The number of methoxy groups -OCH3 is 2. The number of hydrogen-bond acceptors (Lipinski definition) is 23. The van der Waals surface area contributed by atoms with Gasteiger partial charge in [-0.05, 0) is 93.7 Å². The predicted molar refractivity (Wildman–Crippen MR) is 294 cm³/mol. The molecule has 14 N–H and O–H groups in total. The Kier molecular flexibility index (Phi) is 34.3. The monoisotopic (exact) mass is 1140 g/mol. The van der Waals surface area contributed by atoms with Gasteiger partial charge in [-0.2, -0.15) is 20.4 Å². The second kappa shape index (κ2) is 38.6. The summed E-state index contributed by atoms with van der Waals surface area (Å²) in [5, 5.41) is 39.3. The van der Waals surface area contributed by atoms with Crippen LogP contribution in [-0.2, 0) is 0 Å². The number of nitrogen functional groups attached to an aromatic ring is 2. The highest BCUT2D eigenvalue weighted by Gasteiger charge is 2.13. The topological polar surface area (TPSA) is 353 Å². The number of anilines is 6. The Labute approximate surface area is 450 Å². The van der Waals surface area contributed by atoms with Gasteiger partial charge in [0.05, 0.1) is 86.7 Å². The van der Waals surface area contributed by atoms with Crippen LogP contribution in [0.5, 0.6) is 23.0 Å². The lowest BCUT2D eigenvalue weighted by Crippen LogP contribution is -2.21. The fourth-order valence-electron chi connectivity index (χ4n) is 6.26. The Morgan fingerprint density at radius 1 is 0.575 bits per heavy atom. The van der Waals surface area contributed by atoms with Gasteiger partial charge in [0.2, 0.25) is 0 Å². The molecule has 2 fully saturated rings. The second-order valence-corrected chi connectivity index (χ2v) is 16.7. The van der Waals surface area contributed by atoms with E-state index in [4.69, 9.17) is 65.2 Å². The van der Waals surface area contributed by atoms with Gasteiger partial charge in [0, 0.05) is 57.5 Å². The Morgan fingerprint density at radius 2 is 1.04 bits per heavy atom. The number of pyridine rings is 2. The third-order valence-corrected chi connectivity index (χ3v) is 10.6. The van der Waals surface area contributed by atoms with Crippen molar-refractivity contribution in [1.29, 1.82) is 0 Å². The number of nitrogens with two attached hydrogens (primary N) is 3. The van der Waals surface area contributed by atoms with Crippen molar-refractivity contribution in [2.75, 3.05) is 115 Å². The van der Waals surface area contributed by atoms with Crippen molar-refractivity contribution >= 4 is 85.2 Å². The molecular formula is C45H69BrCl3N19O5. The molecule has 2 saturated heterocycles. The maximum Gasteiger partial charge on any atom is 0.179 e. The maximum absolute atomic E-state index is 5.94. The first kappa shape index (κ1) is 65.0. The van der Waals surface area contributed by atoms with Gasteiger partial charge in [-0.15, -0.1) is 20.4 Å². The van der Waals surface area contributed by atoms with Crippen molar-refractivity contribution in [3.05, 3.63) is 93.5 Å². The molecule has 402 valence electrons. The van der Waals surface area contributed by atoms with E-state index in [9.17, 15) is 0 Å². The fraction of sp³-hybridized carbons (Fsp3) is 0.422. The molecule has 6 aromatic heterocycles. The minimum absolute atomic E-state index is 0. The minimum atomic E-state index is 0. The SMILES string of the molecule is CN.CNc1cc(N)cnn1.CNc1cc(Nc2cc(OCCCN3CCCC3)c(OC)cn2)cnn1.COc1cnc(Br)cc1OCCCN1CCCC1.Clc1cnnc(Cl)c1.N.Nc1cnnc(Cl)c1.O. The van der Waals surface area contributed by atoms with E-state index in [2.05, 4.69) is 98.2 Å². The van der Waals surface area contributed by atoms with Crippen molar-refractivity contribution in [2.24, 2.45) is 5.73 Å². The summed E-state index contributed by atoms with van der Waals surface area (Å²) in [5.41, 5.74) is 17.1. The van der Waals surface area contributed by atoms with Gasteiger partial charge in [-0.1, -0.05) is 34.8 Å². The average molecular weight is 1140 g/mol. The number of nitrogens with one attached hydrogen (secondary N) is 3. The summed E-state index contributed by atoms with van der Waals surface area (Å²) in [4.78, 5) is 13.4. The number of halogens is 4. The highest BCUT2D eigenvalue weighted by molar-refractivity contribution is 9.10. The van der Waals surface area contributed by atoms with Crippen molar-refractivity contribution in [2.45, 2.75) is 38.5 Å². The van der Waals surface area contributed by atoms with Crippen molar-refractivity contribution in [3.63, 3.8) is 0 Å². The van der Waals surface area contributed by atoms with E-state index < -0.39 is 0 Å². The van der Waals surface area contributed by atoms with Gasteiger partial charge in [-0.3, -0.25) is 0 Å². The zero-order chi connectivity index (χ0) is 51.6. The van der Waals surface area contributed by atoms with Gasteiger partial charge in [0.15, 0.2) is 33.3 Å². The average Bonchev–Trinajstić information content (AvgIpc) is 4.11. The number of aromatic nitrogens is 10. The maximum atomic E-state index is 5.94. The quantitative estimate of drug-likeness (QED) is 0.0389. The molecule has 28 heteroatoms. The summed E-state index contributed by atoms with van der Waals surface area (Å²) >= 11 is 19.6. The van der Waals surface area contributed by atoms with E-state index in [0.29, 0.717) is 74.6 Å². The van der Waals surface area contributed by atoms with E-state index in [0.717, 1.165) is 42.0 Å². The van der Waals surface area contributed by atoms with Crippen LogP contribution < -0.4 is 58.2 Å². The third kappa shape index (κ3) is 27.0. The van der Waals surface area contributed by atoms with E-state index in [1.807, 2.05) is 18.2 Å². The summed E-state index contributed by atoms with van der Waals surface area (Å²) in [7, 11) is 8.31. The third-order valence-electron chi connectivity index (χ3n) is 9.57. The summed E-state index contributed by atoms with van der Waals surface area (Å²) < 4.78 is 23.0. The summed E-state index contributed by atoms with van der Waals surface area (Å²) in [6, 6.07) is 10.3. The number of ether oxygens (including phenoxy) is 4. The van der Waals surface area contributed by atoms with E-state index in [1.165, 1.54) is 89.6 Å². The summed E-state index contributed by atoms with van der Waals surface area (Å²) in [5.74, 6) is 4.77. The smallest absolute Gasteiger partial charge is 0.179 e. The largest absolute Gasteiger partial charge is 0.491 e. The molecule has 0 unspecified atom stereocenters. The van der Waals surface area contributed by atoms with E-state index in [1.54, 1.807) is 53.0 Å². The predicted octanol–water partition coefficient (Wildman–Crippen LogP) is 6.76. The van der Waals surface area contributed by atoms with Crippen LogP contribution in [0.1, 0.15) is 38.5 Å². The normalized spacial score (nSPS) is 12.2. The van der Waals surface area contributed by atoms with Gasteiger partial charge in [-0.25, -0.2) is 9.97 Å². The first-order valence-corrected chi connectivity index (χ1v) is 24.3. The number of likely N-dealkylation sites (tertiary alicyclic amines) is 2. The first-order chi connectivity index (χ1) is 34.5. The lowest BCUT2D eigenvalue weighted by atomic mass is 10.3. The Bertz CT molecular complexity index is 2320. The molecule has 6 aromatic rings. The van der Waals surface area contributed by atoms with Crippen LogP contribution in [0, 0.1) is 0 Å². The zero-order valence-electron chi connectivity index (χ0n) is 41.8.